The first-order valence-corrected chi connectivity index (χ1v) is 11.8. The van der Waals surface area contributed by atoms with E-state index in [1.165, 1.54) is 12.1 Å². The lowest BCUT2D eigenvalue weighted by atomic mass is 10.2. The molecule has 10 heteroatoms. The standard InChI is InChI=1S/C27H26ClN3O6/c1-18-5-13-22(14-6-18)37-23-15-11-21(12-16-23)29-24(32)3-2-4-26(34)36-17-25(33)30-31-27(35)19-7-9-20(28)10-8-19/h5-16H,2-4,17H2,1H3,(H,29,32)(H,30,33)(H,31,35). The maximum atomic E-state index is 12.1. The van der Waals surface area contributed by atoms with Crippen molar-refractivity contribution in [1.29, 1.82) is 0 Å². The summed E-state index contributed by atoms with van der Waals surface area (Å²) in [5.41, 5.74) is 6.39. The summed E-state index contributed by atoms with van der Waals surface area (Å²) in [6.45, 7) is 1.43. The van der Waals surface area contributed by atoms with E-state index >= 15 is 0 Å². The van der Waals surface area contributed by atoms with Crippen LogP contribution < -0.4 is 20.9 Å². The minimum absolute atomic E-state index is 0.0405. The molecule has 0 aliphatic carbocycles. The van der Waals surface area contributed by atoms with E-state index in [1.54, 1.807) is 36.4 Å². The molecule has 9 nitrogen and oxygen atoms in total. The van der Waals surface area contributed by atoms with Gasteiger partial charge in [0.1, 0.15) is 11.5 Å². The highest BCUT2D eigenvalue weighted by molar-refractivity contribution is 6.30. The molecule has 0 aliphatic rings. The number of rotatable bonds is 10. The highest BCUT2D eigenvalue weighted by Gasteiger charge is 2.11. The molecule has 0 atom stereocenters. The van der Waals surface area contributed by atoms with Crippen LogP contribution in [0.1, 0.15) is 35.2 Å². The SMILES string of the molecule is Cc1ccc(Oc2ccc(NC(=O)CCCC(=O)OCC(=O)NNC(=O)c3ccc(Cl)cc3)cc2)cc1. The first-order chi connectivity index (χ1) is 17.8. The number of hydrazine groups is 1. The summed E-state index contributed by atoms with van der Waals surface area (Å²) in [5, 5.41) is 3.23. The molecule has 0 heterocycles. The van der Waals surface area contributed by atoms with Crippen molar-refractivity contribution in [2.24, 2.45) is 0 Å². The Kier molecular flexibility index (Phi) is 10.0. The number of anilines is 1. The van der Waals surface area contributed by atoms with Gasteiger partial charge in [-0.1, -0.05) is 29.3 Å². The topological polar surface area (TPSA) is 123 Å². The monoisotopic (exact) mass is 523 g/mol. The average Bonchev–Trinajstić information content (AvgIpc) is 2.89. The van der Waals surface area contributed by atoms with Crippen LogP contribution >= 0.6 is 11.6 Å². The van der Waals surface area contributed by atoms with Crippen LogP contribution in [0.4, 0.5) is 5.69 Å². The summed E-state index contributed by atoms with van der Waals surface area (Å²) in [4.78, 5) is 47.7. The van der Waals surface area contributed by atoms with Gasteiger partial charge in [0.25, 0.3) is 11.8 Å². The van der Waals surface area contributed by atoms with Gasteiger partial charge in [0.2, 0.25) is 5.91 Å². The van der Waals surface area contributed by atoms with Crippen LogP contribution in [0, 0.1) is 6.92 Å². The lowest BCUT2D eigenvalue weighted by Gasteiger charge is -2.09. The minimum Gasteiger partial charge on any atom is -0.457 e. The molecule has 3 amide bonds. The predicted molar refractivity (Wildman–Crippen MR) is 138 cm³/mol. The van der Waals surface area contributed by atoms with Gasteiger partial charge in [-0.15, -0.1) is 0 Å². The van der Waals surface area contributed by atoms with Gasteiger partial charge in [-0.25, -0.2) is 0 Å². The Bertz CT molecular complexity index is 1230. The van der Waals surface area contributed by atoms with Gasteiger partial charge < -0.3 is 14.8 Å². The van der Waals surface area contributed by atoms with Crippen LogP contribution in [-0.2, 0) is 19.1 Å². The number of nitrogens with one attached hydrogen (secondary N) is 3. The average molecular weight is 524 g/mol. The second-order valence-electron chi connectivity index (χ2n) is 8.01. The largest absolute Gasteiger partial charge is 0.457 e. The number of amides is 3. The third-order valence-electron chi connectivity index (χ3n) is 4.97. The molecular formula is C27H26ClN3O6. The van der Waals surface area contributed by atoms with Gasteiger partial charge in [0, 0.05) is 29.1 Å². The van der Waals surface area contributed by atoms with Gasteiger partial charge in [-0.05, 0) is 74.0 Å². The lowest BCUT2D eigenvalue weighted by Crippen LogP contribution is -2.43. The van der Waals surface area contributed by atoms with Crippen LogP contribution in [0.2, 0.25) is 5.02 Å². The van der Waals surface area contributed by atoms with E-state index in [4.69, 9.17) is 21.1 Å². The number of carbonyl (C=O) groups excluding carboxylic acids is 4. The fraction of sp³-hybridized carbons (Fsp3) is 0.185. The van der Waals surface area contributed by atoms with Gasteiger partial charge in [0.05, 0.1) is 0 Å². The number of hydrogen-bond donors (Lipinski definition) is 3. The Morgan fingerprint density at radius 3 is 2.03 bits per heavy atom. The number of hydrogen-bond acceptors (Lipinski definition) is 6. The zero-order valence-corrected chi connectivity index (χ0v) is 20.8. The second kappa shape index (κ2) is 13.6. The molecule has 0 radical (unpaired) electrons. The van der Waals surface area contributed by atoms with Gasteiger partial charge in [-0.2, -0.15) is 0 Å². The molecule has 0 saturated heterocycles. The molecule has 3 N–H and O–H groups in total. The molecule has 0 saturated carbocycles. The van der Waals surface area contributed by atoms with Gasteiger partial charge in [-0.3, -0.25) is 30.0 Å². The van der Waals surface area contributed by atoms with Crippen molar-refractivity contribution in [1.82, 2.24) is 10.9 Å². The number of carbonyl (C=O) groups is 4. The predicted octanol–water partition coefficient (Wildman–Crippen LogP) is 4.55. The fourth-order valence-electron chi connectivity index (χ4n) is 3.02. The summed E-state index contributed by atoms with van der Waals surface area (Å²) in [7, 11) is 0. The van der Waals surface area contributed by atoms with Crippen LogP contribution in [-0.4, -0.2) is 30.3 Å². The fourth-order valence-corrected chi connectivity index (χ4v) is 3.15. The Hall–Kier alpha value is -4.37. The first kappa shape index (κ1) is 27.2. The summed E-state index contributed by atoms with van der Waals surface area (Å²) in [6.07, 6.45) is 0.301. The van der Waals surface area contributed by atoms with Crippen molar-refractivity contribution in [3.05, 3.63) is 88.9 Å². The molecular weight excluding hydrogens is 498 g/mol. The molecule has 37 heavy (non-hydrogen) atoms. The molecule has 0 spiro atoms. The van der Waals surface area contributed by atoms with E-state index in [0.717, 1.165) is 11.3 Å². The summed E-state index contributed by atoms with van der Waals surface area (Å²) in [5.74, 6) is -0.793. The number of aryl methyl sites for hydroxylation is 1. The Balaban J connectivity index is 1.29. The second-order valence-corrected chi connectivity index (χ2v) is 8.45. The smallest absolute Gasteiger partial charge is 0.306 e. The lowest BCUT2D eigenvalue weighted by molar-refractivity contribution is -0.148. The highest BCUT2D eigenvalue weighted by atomic mass is 35.5. The van der Waals surface area contributed by atoms with Crippen molar-refractivity contribution in [2.45, 2.75) is 26.2 Å². The quantitative estimate of drug-likeness (QED) is 0.264. The van der Waals surface area contributed by atoms with Gasteiger partial charge in [0.15, 0.2) is 6.61 Å². The summed E-state index contributed by atoms with van der Waals surface area (Å²) >= 11 is 5.76. The van der Waals surface area contributed by atoms with Crippen molar-refractivity contribution < 1.29 is 28.7 Å². The molecule has 3 aromatic rings. The number of esters is 1. The van der Waals surface area contributed by atoms with Crippen LogP contribution in [0.5, 0.6) is 11.5 Å². The minimum atomic E-state index is -0.705. The van der Waals surface area contributed by atoms with E-state index < -0.39 is 24.4 Å². The van der Waals surface area contributed by atoms with Crippen molar-refractivity contribution in [3.8, 4) is 11.5 Å². The zero-order valence-electron chi connectivity index (χ0n) is 20.1. The molecule has 0 aromatic heterocycles. The van der Waals surface area contributed by atoms with E-state index in [-0.39, 0.29) is 25.2 Å². The molecule has 0 aliphatic heterocycles. The number of benzene rings is 3. The van der Waals surface area contributed by atoms with E-state index in [0.29, 0.717) is 22.0 Å². The van der Waals surface area contributed by atoms with E-state index in [9.17, 15) is 19.2 Å². The number of ether oxygens (including phenoxy) is 2. The Labute approximate surface area is 219 Å². The molecule has 3 rings (SSSR count). The molecule has 0 bridgehead atoms. The van der Waals surface area contributed by atoms with Gasteiger partial charge >= 0.3 is 5.97 Å². The Morgan fingerprint density at radius 1 is 0.757 bits per heavy atom. The van der Waals surface area contributed by atoms with Crippen molar-refractivity contribution in [3.63, 3.8) is 0 Å². The highest BCUT2D eigenvalue weighted by Crippen LogP contribution is 2.23. The maximum absolute atomic E-state index is 12.1. The van der Waals surface area contributed by atoms with Crippen LogP contribution in [0.15, 0.2) is 72.8 Å². The maximum Gasteiger partial charge on any atom is 0.306 e. The molecule has 3 aromatic carbocycles. The van der Waals surface area contributed by atoms with Crippen LogP contribution in [0.3, 0.4) is 0 Å². The molecule has 0 fully saturated rings. The van der Waals surface area contributed by atoms with Crippen LogP contribution in [0.25, 0.3) is 0 Å². The third kappa shape index (κ3) is 9.65. The zero-order chi connectivity index (χ0) is 26.6. The third-order valence-corrected chi connectivity index (χ3v) is 5.22. The van der Waals surface area contributed by atoms with Crippen molar-refractivity contribution in [2.75, 3.05) is 11.9 Å². The first-order valence-electron chi connectivity index (χ1n) is 11.4. The van der Waals surface area contributed by atoms with E-state index in [2.05, 4.69) is 16.2 Å². The Morgan fingerprint density at radius 2 is 1.38 bits per heavy atom. The molecule has 0 unspecified atom stereocenters. The molecule has 192 valence electrons. The normalized spacial score (nSPS) is 10.2. The van der Waals surface area contributed by atoms with Crippen molar-refractivity contribution >= 4 is 41.0 Å². The summed E-state index contributed by atoms with van der Waals surface area (Å²) < 4.78 is 10.6. The number of halogens is 1. The van der Waals surface area contributed by atoms with E-state index in [1.807, 2.05) is 31.2 Å². The summed E-state index contributed by atoms with van der Waals surface area (Å²) in [6, 6.07) is 20.7.